The molecule has 4 atom stereocenters. The van der Waals surface area contributed by atoms with Gasteiger partial charge in [0, 0.05) is 6.04 Å². The van der Waals surface area contributed by atoms with Crippen LogP contribution in [0.3, 0.4) is 0 Å². The molecule has 1 aromatic rings. The third-order valence-corrected chi connectivity index (χ3v) is 7.02. The molecule has 2 fully saturated rings. The van der Waals surface area contributed by atoms with Crippen LogP contribution in [0, 0.1) is 24.7 Å². The van der Waals surface area contributed by atoms with Crippen LogP contribution < -0.4 is 9.62 Å². The second-order valence-corrected chi connectivity index (χ2v) is 9.66. The summed E-state index contributed by atoms with van der Waals surface area (Å²) in [6.07, 6.45) is 6.24. The molecule has 0 radical (unpaired) electrons. The Hall–Kier alpha value is -1.56. The van der Waals surface area contributed by atoms with E-state index >= 15 is 0 Å². The number of anilines is 1. The molecule has 3 rings (SSSR count). The monoisotopic (exact) mass is 364 g/mol. The van der Waals surface area contributed by atoms with Crippen molar-refractivity contribution in [2.45, 2.75) is 45.6 Å². The van der Waals surface area contributed by atoms with Gasteiger partial charge in [-0.25, -0.2) is 8.42 Å². The number of carbonyl (C=O) groups is 1. The molecule has 0 heterocycles. The van der Waals surface area contributed by atoms with Gasteiger partial charge in [0.1, 0.15) is 6.54 Å². The highest BCUT2D eigenvalue weighted by Gasteiger charge is 2.42. The van der Waals surface area contributed by atoms with Crippen molar-refractivity contribution in [1.29, 1.82) is 0 Å². The highest BCUT2D eigenvalue weighted by Crippen LogP contribution is 2.49. The van der Waals surface area contributed by atoms with E-state index in [1.165, 1.54) is 30.0 Å². The predicted octanol–water partition coefficient (Wildman–Crippen LogP) is 2.70. The molecule has 0 aromatic heterocycles. The van der Waals surface area contributed by atoms with Crippen molar-refractivity contribution in [1.82, 2.24) is 5.32 Å². The summed E-state index contributed by atoms with van der Waals surface area (Å²) in [7, 11) is -3.53. The molecule has 5 nitrogen and oxygen atoms in total. The Bertz CT molecular complexity index is 747. The smallest absolute Gasteiger partial charge is 0.240 e. The van der Waals surface area contributed by atoms with Gasteiger partial charge >= 0.3 is 0 Å². The Morgan fingerprint density at radius 2 is 2.00 bits per heavy atom. The fourth-order valence-corrected chi connectivity index (χ4v) is 5.58. The molecule has 0 aliphatic heterocycles. The number of para-hydroxylation sites is 1. The average Bonchev–Trinajstić information content (AvgIpc) is 3.15. The number of nitrogens with zero attached hydrogens (tertiary/aromatic N) is 1. The number of rotatable bonds is 6. The summed E-state index contributed by atoms with van der Waals surface area (Å²) in [5.74, 6) is 1.85. The minimum atomic E-state index is -3.53. The number of hydrogen-bond acceptors (Lipinski definition) is 3. The second-order valence-electron chi connectivity index (χ2n) is 7.75. The van der Waals surface area contributed by atoms with Gasteiger partial charge in [-0.2, -0.15) is 0 Å². The van der Waals surface area contributed by atoms with E-state index in [9.17, 15) is 13.2 Å². The van der Waals surface area contributed by atoms with Gasteiger partial charge in [-0.3, -0.25) is 9.10 Å². The molecule has 25 heavy (non-hydrogen) atoms. The minimum Gasteiger partial charge on any atom is -0.352 e. The number of fused-ring (bicyclic) bond motifs is 2. The summed E-state index contributed by atoms with van der Waals surface area (Å²) in [5.41, 5.74) is 1.40. The Labute approximate surface area is 150 Å². The summed E-state index contributed by atoms with van der Waals surface area (Å²) in [6, 6.07) is 7.33. The van der Waals surface area contributed by atoms with E-state index in [1.54, 1.807) is 12.1 Å². The zero-order valence-corrected chi connectivity index (χ0v) is 16.1. The molecule has 6 heteroatoms. The van der Waals surface area contributed by atoms with Crippen molar-refractivity contribution < 1.29 is 13.2 Å². The van der Waals surface area contributed by atoms with Crippen LogP contribution in [-0.2, 0) is 14.8 Å². The van der Waals surface area contributed by atoms with Crippen molar-refractivity contribution in [3.63, 3.8) is 0 Å². The fraction of sp³-hybridized carbons (Fsp3) is 0.632. The molecule has 1 N–H and O–H groups in total. The van der Waals surface area contributed by atoms with E-state index in [0.29, 0.717) is 11.6 Å². The molecule has 2 bridgehead atoms. The third kappa shape index (κ3) is 4.00. The van der Waals surface area contributed by atoms with Crippen molar-refractivity contribution in [2.24, 2.45) is 17.8 Å². The minimum absolute atomic E-state index is 0.0982. The lowest BCUT2D eigenvalue weighted by molar-refractivity contribution is -0.120. The van der Waals surface area contributed by atoms with Gasteiger partial charge in [-0.15, -0.1) is 0 Å². The Morgan fingerprint density at radius 1 is 1.28 bits per heavy atom. The molecule has 0 unspecified atom stereocenters. The summed E-state index contributed by atoms with van der Waals surface area (Å²) < 4.78 is 25.6. The van der Waals surface area contributed by atoms with Crippen LogP contribution in [-0.4, -0.2) is 33.2 Å². The first-order chi connectivity index (χ1) is 11.8. The van der Waals surface area contributed by atoms with Crippen molar-refractivity contribution in [3.05, 3.63) is 29.8 Å². The van der Waals surface area contributed by atoms with Crippen LogP contribution in [0.1, 0.15) is 38.2 Å². The lowest BCUT2D eigenvalue weighted by Crippen LogP contribution is -2.46. The van der Waals surface area contributed by atoms with Crippen LogP contribution in [0.4, 0.5) is 5.69 Å². The number of sulfonamides is 1. The maximum Gasteiger partial charge on any atom is 0.240 e. The molecule has 1 amide bonds. The first kappa shape index (κ1) is 18.2. The van der Waals surface area contributed by atoms with Gasteiger partial charge in [-0.05, 0) is 62.5 Å². The first-order valence-electron chi connectivity index (χ1n) is 9.08. The number of benzene rings is 1. The number of amides is 1. The molecule has 2 saturated carbocycles. The van der Waals surface area contributed by atoms with Crippen LogP contribution in [0.25, 0.3) is 0 Å². The third-order valence-electron chi connectivity index (χ3n) is 5.90. The Kier molecular flexibility index (Phi) is 5.09. The number of carbonyl (C=O) groups excluding carboxylic acids is 1. The van der Waals surface area contributed by atoms with Crippen LogP contribution in [0.2, 0.25) is 0 Å². The van der Waals surface area contributed by atoms with Crippen LogP contribution >= 0.6 is 0 Å². The van der Waals surface area contributed by atoms with Gasteiger partial charge in [0.15, 0.2) is 0 Å². The highest BCUT2D eigenvalue weighted by molar-refractivity contribution is 7.92. The topological polar surface area (TPSA) is 66.5 Å². The zero-order valence-electron chi connectivity index (χ0n) is 15.2. The van der Waals surface area contributed by atoms with E-state index in [2.05, 4.69) is 12.2 Å². The summed E-state index contributed by atoms with van der Waals surface area (Å²) in [6.45, 7) is 3.74. The summed E-state index contributed by atoms with van der Waals surface area (Å²) >= 11 is 0. The first-order valence-corrected chi connectivity index (χ1v) is 10.9. The SMILES string of the molecule is Cc1ccccc1N(CC(=O)N[C@@H](C)[C@@H]1C[C@H]2CC[C@H]1C2)S(C)(=O)=O. The van der Waals surface area contributed by atoms with Gasteiger partial charge in [-0.1, -0.05) is 24.6 Å². The molecule has 0 saturated heterocycles. The molecule has 1 aromatic carbocycles. The molecular formula is C19H28N2O3S. The van der Waals surface area contributed by atoms with Gasteiger partial charge in [0.05, 0.1) is 11.9 Å². The molecular weight excluding hydrogens is 336 g/mol. The maximum absolute atomic E-state index is 12.5. The summed E-state index contributed by atoms with van der Waals surface area (Å²) in [5, 5.41) is 3.05. The summed E-state index contributed by atoms with van der Waals surface area (Å²) in [4.78, 5) is 12.5. The molecule has 0 spiro atoms. The van der Waals surface area contributed by atoms with Gasteiger partial charge in [0.2, 0.25) is 15.9 Å². The van der Waals surface area contributed by atoms with Gasteiger partial charge < -0.3 is 5.32 Å². The zero-order chi connectivity index (χ0) is 18.2. The van der Waals surface area contributed by atoms with E-state index in [1.807, 2.05) is 19.1 Å². The van der Waals surface area contributed by atoms with E-state index in [4.69, 9.17) is 0 Å². The lowest BCUT2D eigenvalue weighted by Gasteiger charge is -2.30. The van der Waals surface area contributed by atoms with Crippen molar-refractivity contribution >= 4 is 21.6 Å². The number of aryl methyl sites for hydroxylation is 1. The Morgan fingerprint density at radius 3 is 2.56 bits per heavy atom. The molecule has 2 aliphatic rings. The number of nitrogens with one attached hydrogen (secondary N) is 1. The van der Waals surface area contributed by atoms with E-state index in [0.717, 1.165) is 23.7 Å². The van der Waals surface area contributed by atoms with Crippen LogP contribution in [0.15, 0.2) is 24.3 Å². The molecule has 138 valence electrons. The highest BCUT2D eigenvalue weighted by atomic mass is 32.2. The lowest BCUT2D eigenvalue weighted by atomic mass is 9.84. The Balaban J connectivity index is 1.68. The maximum atomic E-state index is 12.5. The second kappa shape index (κ2) is 6.98. The van der Waals surface area contributed by atoms with E-state index < -0.39 is 10.0 Å². The average molecular weight is 365 g/mol. The molecule has 2 aliphatic carbocycles. The fourth-order valence-electron chi connectivity index (χ4n) is 4.67. The van der Waals surface area contributed by atoms with Gasteiger partial charge in [0.25, 0.3) is 0 Å². The normalized spacial score (nSPS) is 26.4. The van der Waals surface area contributed by atoms with Crippen molar-refractivity contribution in [3.8, 4) is 0 Å². The van der Waals surface area contributed by atoms with Crippen LogP contribution in [0.5, 0.6) is 0 Å². The standard InChI is InChI=1S/C19H28N2O3S/c1-13-6-4-5-7-18(13)21(25(3,23)24)12-19(22)20-14(2)17-11-15-8-9-16(17)10-15/h4-7,14-17H,8-12H2,1-3H3,(H,20,22)/t14-,15-,16-,17-/m0/s1. The largest absolute Gasteiger partial charge is 0.352 e. The quantitative estimate of drug-likeness (QED) is 0.844. The predicted molar refractivity (Wildman–Crippen MR) is 99.9 cm³/mol. The van der Waals surface area contributed by atoms with Crippen molar-refractivity contribution in [2.75, 3.05) is 17.1 Å². The number of hydrogen-bond donors (Lipinski definition) is 1. The van der Waals surface area contributed by atoms with E-state index in [-0.39, 0.29) is 18.5 Å².